The van der Waals surface area contributed by atoms with Crippen LogP contribution >= 0.6 is 11.8 Å². The monoisotopic (exact) mass is 410 g/mol. The molecule has 3 heterocycles. The Balaban J connectivity index is 1.71. The molecule has 7 nitrogen and oxygen atoms in total. The molecule has 0 unspecified atom stereocenters. The van der Waals surface area contributed by atoms with Crippen molar-refractivity contribution in [3.63, 3.8) is 0 Å². The van der Waals surface area contributed by atoms with Crippen LogP contribution in [0.4, 0.5) is 0 Å². The normalized spacial score (nSPS) is 13.6. The lowest BCUT2D eigenvalue weighted by molar-refractivity contribution is 0.0733. The van der Waals surface area contributed by atoms with Crippen LogP contribution in [-0.4, -0.2) is 48.2 Å². The average Bonchev–Trinajstić information content (AvgIpc) is 3.26. The molecule has 0 saturated carbocycles. The Bertz CT molecular complexity index is 1060. The molecule has 1 aliphatic heterocycles. The van der Waals surface area contributed by atoms with Crippen LogP contribution in [0.5, 0.6) is 0 Å². The van der Waals surface area contributed by atoms with E-state index in [2.05, 4.69) is 27.8 Å². The molecule has 0 saturated heterocycles. The second-order valence-corrected chi connectivity index (χ2v) is 8.28. The molecular weight excluding hydrogens is 384 g/mol. The lowest BCUT2D eigenvalue weighted by Crippen LogP contribution is -2.36. The third kappa shape index (κ3) is 3.46. The van der Waals surface area contributed by atoms with Gasteiger partial charge in [-0.05, 0) is 39.2 Å². The zero-order valence-electron chi connectivity index (χ0n) is 17.6. The largest absolute Gasteiger partial charge is 0.334 e. The third-order valence-electron chi connectivity index (χ3n) is 5.43. The maximum atomic E-state index is 13.2. The summed E-state index contributed by atoms with van der Waals surface area (Å²) < 4.78 is 4.01. The van der Waals surface area contributed by atoms with Gasteiger partial charge in [-0.25, -0.2) is 0 Å². The second-order valence-electron chi connectivity index (χ2n) is 7.51. The van der Waals surface area contributed by atoms with Gasteiger partial charge in [-0.1, -0.05) is 29.0 Å². The molecule has 0 spiro atoms. The molecule has 8 heteroatoms. The molecule has 4 rings (SSSR count). The summed E-state index contributed by atoms with van der Waals surface area (Å²) in [4.78, 5) is 15.1. The number of aromatic nitrogens is 5. The predicted molar refractivity (Wildman–Crippen MR) is 114 cm³/mol. The number of amides is 1. The maximum absolute atomic E-state index is 13.2. The van der Waals surface area contributed by atoms with Crippen LogP contribution < -0.4 is 0 Å². The van der Waals surface area contributed by atoms with E-state index in [0.717, 1.165) is 51.9 Å². The summed E-state index contributed by atoms with van der Waals surface area (Å²) in [6.45, 7) is 8.13. The highest BCUT2D eigenvalue weighted by molar-refractivity contribution is 7.98. The van der Waals surface area contributed by atoms with E-state index in [1.165, 1.54) is 5.69 Å². The number of carbonyl (C=O) groups is 1. The maximum Gasteiger partial charge on any atom is 0.254 e. The number of benzene rings is 1. The molecule has 3 aromatic rings. The van der Waals surface area contributed by atoms with Gasteiger partial charge in [0.2, 0.25) is 0 Å². The molecule has 0 N–H and O–H groups in total. The van der Waals surface area contributed by atoms with Crippen LogP contribution in [0.25, 0.3) is 11.5 Å². The van der Waals surface area contributed by atoms with E-state index in [9.17, 15) is 4.79 Å². The second kappa shape index (κ2) is 7.67. The van der Waals surface area contributed by atoms with Crippen LogP contribution in [-0.2, 0) is 26.6 Å². The predicted octanol–water partition coefficient (Wildman–Crippen LogP) is 3.24. The third-order valence-corrected chi connectivity index (χ3v) is 6.09. The smallest absolute Gasteiger partial charge is 0.254 e. The van der Waals surface area contributed by atoms with E-state index < -0.39 is 0 Å². The molecular formula is C21H26N6OS. The van der Waals surface area contributed by atoms with E-state index in [1.807, 2.05) is 48.9 Å². The molecule has 2 aromatic heterocycles. The summed E-state index contributed by atoms with van der Waals surface area (Å²) >= 11 is 1.58. The van der Waals surface area contributed by atoms with Gasteiger partial charge in [0, 0.05) is 43.4 Å². The van der Waals surface area contributed by atoms with Crippen LogP contribution in [0.3, 0.4) is 0 Å². The van der Waals surface area contributed by atoms with Crippen molar-refractivity contribution in [3.8, 4) is 11.5 Å². The van der Waals surface area contributed by atoms with E-state index in [0.29, 0.717) is 13.1 Å². The van der Waals surface area contributed by atoms with E-state index in [-0.39, 0.29) is 5.91 Å². The number of nitrogens with zero attached hydrogens (tertiary/aromatic N) is 6. The van der Waals surface area contributed by atoms with Crippen molar-refractivity contribution in [3.05, 3.63) is 46.1 Å². The Hall–Kier alpha value is -2.61. The highest BCUT2D eigenvalue weighted by atomic mass is 32.2. The standard InChI is InChI=1S/C21H26N6OS/c1-6-27-19(22-23-21(27)29-5)18-16-12-26(8-7-17(16)25(4)24-18)20(28)15-10-13(2)9-14(3)11-15/h9-11H,6-8,12H2,1-5H3. The Morgan fingerprint density at radius 2 is 1.90 bits per heavy atom. The van der Waals surface area contributed by atoms with Gasteiger partial charge in [0.05, 0.1) is 6.54 Å². The summed E-state index contributed by atoms with van der Waals surface area (Å²) in [5.74, 6) is 0.841. The first kappa shape index (κ1) is 19.7. The van der Waals surface area contributed by atoms with E-state index in [4.69, 9.17) is 5.10 Å². The van der Waals surface area contributed by atoms with Crippen LogP contribution in [0.15, 0.2) is 23.4 Å². The minimum atomic E-state index is 0.0685. The summed E-state index contributed by atoms with van der Waals surface area (Å²) in [6.07, 6.45) is 2.78. The van der Waals surface area contributed by atoms with Gasteiger partial charge >= 0.3 is 0 Å². The van der Waals surface area contributed by atoms with Crippen LogP contribution in [0.2, 0.25) is 0 Å². The minimum absolute atomic E-state index is 0.0685. The molecule has 0 radical (unpaired) electrons. The summed E-state index contributed by atoms with van der Waals surface area (Å²) in [5.41, 5.74) is 6.03. The van der Waals surface area contributed by atoms with Gasteiger partial charge in [-0.3, -0.25) is 9.48 Å². The minimum Gasteiger partial charge on any atom is -0.334 e. The molecule has 0 aliphatic carbocycles. The van der Waals surface area contributed by atoms with Crippen molar-refractivity contribution < 1.29 is 4.79 Å². The van der Waals surface area contributed by atoms with Crippen molar-refractivity contribution in [1.29, 1.82) is 0 Å². The number of carbonyl (C=O) groups excluding carboxylic acids is 1. The Kier molecular flexibility index (Phi) is 5.21. The molecule has 1 aromatic carbocycles. The van der Waals surface area contributed by atoms with Gasteiger partial charge in [0.25, 0.3) is 5.91 Å². The summed E-state index contributed by atoms with van der Waals surface area (Å²) in [5, 5.41) is 14.4. The van der Waals surface area contributed by atoms with Crippen molar-refractivity contribution in [1.82, 2.24) is 29.4 Å². The zero-order valence-corrected chi connectivity index (χ0v) is 18.4. The Morgan fingerprint density at radius 1 is 1.17 bits per heavy atom. The number of hydrogen-bond acceptors (Lipinski definition) is 5. The molecule has 0 fully saturated rings. The summed E-state index contributed by atoms with van der Waals surface area (Å²) in [7, 11) is 1.96. The van der Waals surface area contributed by atoms with Crippen molar-refractivity contribution in [2.45, 2.75) is 45.4 Å². The number of fused-ring (bicyclic) bond motifs is 1. The van der Waals surface area contributed by atoms with Gasteiger partial charge in [-0.15, -0.1) is 10.2 Å². The highest BCUT2D eigenvalue weighted by Gasteiger charge is 2.30. The number of hydrogen-bond donors (Lipinski definition) is 0. The van der Waals surface area contributed by atoms with Crippen molar-refractivity contribution in [2.75, 3.05) is 12.8 Å². The first-order valence-corrected chi connectivity index (χ1v) is 11.0. The Labute approximate surface area is 175 Å². The molecule has 0 bridgehead atoms. The molecule has 1 amide bonds. The SMILES string of the molecule is CCn1c(SC)nnc1-c1nn(C)c2c1CN(C(=O)c1cc(C)cc(C)c1)CC2. The van der Waals surface area contributed by atoms with Crippen LogP contribution in [0, 0.1) is 13.8 Å². The fourth-order valence-corrected chi connectivity index (χ4v) is 4.68. The summed E-state index contributed by atoms with van der Waals surface area (Å²) in [6, 6.07) is 6.02. The molecule has 152 valence electrons. The molecule has 0 atom stereocenters. The average molecular weight is 411 g/mol. The van der Waals surface area contributed by atoms with Crippen molar-refractivity contribution in [2.24, 2.45) is 7.05 Å². The fraction of sp³-hybridized carbons (Fsp3) is 0.429. The Morgan fingerprint density at radius 3 is 2.55 bits per heavy atom. The van der Waals surface area contributed by atoms with Gasteiger partial charge < -0.3 is 9.47 Å². The van der Waals surface area contributed by atoms with Crippen LogP contribution in [0.1, 0.15) is 39.7 Å². The number of rotatable bonds is 4. The topological polar surface area (TPSA) is 68.8 Å². The lowest BCUT2D eigenvalue weighted by atomic mass is 10.0. The molecule has 29 heavy (non-hydrogen) atoms. The number of aryl methyl sites for hydroxylation is 3. The van der Waals surface area contributed by atoms with Crippen molar-refractivity contribution >= 4 is 17.7 Å². The van der Waals surface area contributed by atoms with E-state index in [1.54, 1.807) is 11.8 Å². The first-order chi connectivity index (χ1) is 13.9. The first-order valence-electron chi connectivity index (χ1n) is 9.82. The van der Waals surface area contributed by atoms with Gasteiger partial charge in [-0.2, -0.15) is 5.10 Å². The van der Waals surface area contributed by atoms with E-state index >= 15 is 0 Å². The fourth-order valence-electron chi connectivity index (χ4n) is 4.13. The quantitative estimate of drug-likeness (QED) is 0.618. The highest BCUT2D eigenvalue weighted by Crippen LogP contribution is 2.31. The lowest BCUT2D eigenvalue weighted by Gasteiger charge is -2.28. The molecule has 1 aliphatic rings. The van der Waals surface area contributed by atoms with Gasteiger partial charge in [0.1, 0.15) is 5.69 Å². The number of thioether (sulfide) groups is 1. The zero-order chi connectivity index (χ0) is 20.7. The van der Waals surface area contributed by atoms with Gasteiger partial charge in [0.15, 0.2) is 11.0 Å².